The zero-order valence-electron chi connectivity index (χ0n) is 19.9. The Hall–Kier alpha value is -3.56. The van der Waals surface area contributed by atoms with Crippen LogP contribution in [0.4, 0.5) is 11.5 Å². The number of hydrogen-bond acceptors (Lipinski definition) is 8. The molecule has 10 heteroatoms. The van der Waals surface area contributed by atoms with Gasteiger partial charge in [-0.2, -0.15) is 5.10 Å². The smallest absolute Gasteiger partial charge is 0.290 e. The standard InChI is InChI=1S/C23H31N7O3/c1-14-17(21(14)18-8-7-16(32-6)12-25-18)13-33-20-9-19(23(31)30(5)27-20)24-10-15-11-26-29(4)22(15)28(2)3/h7-9,11-12,14,17,21,24H,10,13H2,1-6H3. The number of ether oxygens (including phenoxy) is 2. The van der Waals surface area contributed by atoms with Gasteiger partial charge in [-0.1, -0.05) is 6.92 Å². The first kappa shape index (κ1) is 22.6. The van der Waals surface area contributed by atoms with Crippen LogP contribution >= 0.6 is 0 Å². The summed E-state index contributed by atoms with van der Waals surface area (Å²) in [6.07, 6.45) is 3.54. The molecule has 176 valence electrons. The summed E-state index contributed by atoms with van der Waals surface area (Å²) in [5.74, 6) is 3.30. The third-order valence-electron chi connectivity index (χ3n) is 6.24. The minimum absolute atomic E-state index is 0.210. The first-order valence-electron chi connectivity index (χ1n) is 10.9. The Morgan fingerprint density at radius 1 is 1.18 bits per heavy atom. The Kier molecular flexibility index (Phi) is 6.26. The number of methoxy groups -OCH3 is 1. The van der Waals surface area contributed by atoms with E-state index >= 15 is 0 Å². The van der Waals surface area contributed by atoms with Crippen molar-refractivity contribution < 1.29 is 9.47 Å². The van der Waals surface area contributed by atoms with Crippen molar-refractivity contribution in [2.45, 2.75) is 19.4 Å². The Bertz CT molecular complexity index is 1170. The summed E-state index contributed by atoms with van der Waals surface area (Å²) in [5.41, 5.74) is 2.26. The van der Waals surface area contributed by atoms with Crippen molar-refractivity contribution >= 4 is 11.5 Å². The Balaban J connectivity index is 1.42. The molecule has 1 N–H and O–H groups in total. The van der Waals surface area contributed by atoms with Gasteiger partial charge in [-0.05, 0) is 18.1 Å². The van der Waals surface area contributed by atoms with E-state index in [9.17, 15) is 4.79 Å². The third-order valence-corrected chi connectivity index (χ3v) is 6.24. The van der Waals surface area contributed by atoms with Crippen molar-refractivity contribution in [2.75, 3.05) is 38.0 Å². The number of aryl methyl sites for hydroxylation is 2. The molecule has 0 amide bonds. The van der Waals surface area contributed by atoms with Gasteiger partial charge < -0.3 is 19.7 Å². The largest absolute Gasteiger partial charge is 0.495 e. The van der Waals surface area contributed by atoms with Gasteiger partial charge in [0.2, 0.25) is 5.88 Å². The fraction of sp³-hybridized carbons (Fsp3) is 0.478. The van der Waals surface area contributed by atoms with Gasteiger partial charge in [0.15, 0.2) is 0 Å². The number of rotatable bonds is 9. The zero-order chi connectivity index (χ0) is 23.7. The van der Waals surface area contributed by atoms with Crippen LogP contribution in [0.1, 0.15) is 24.1 Å². The summed E-state index contributed by atoms with van der Waals surface area (Å²) in [6.45, 7) is 3.17. The Morgan fingerprint density at radius 3 is 2.64 bits per heavy atom. The van der Waals surface area contributed by atoms with E-state index in [0.29, 0.717) is 42.5 Å². The molecule has 10 nitrogen and oxygen atoms in total. The van der Waals surface area contributed by atoms with Crippen LogP contribution < -0.4 is 25.2 Å². The quantitative estimate of drug-likeness (QED) is 0.525. The Labute approximate surface area is 193 Å². The average Bonchev–Trinajstić information content (AvgIpc) is 3.28. The first-order valence-corrected chi connectivity index (χ1v) is 10.9. The van der Waals surface area contributed by atoms with Gasteiger partial charge in [-0.3, -0.25) is 14.5 Å². The highest BCUT2D eigenvalue weighted by Crippen LogP contribution is 2.53. The van der Waals surface area contributed by atoms with Crippen molar-refractivity contribution in [1.82, 2.24) is 24.5 Å². The maximum atomic E-state index is 12.6. The van der Waals surface area contributed by atoms with Crippen molar-refractivity contribution in [3.8, 4) is 11.6 Å². The van der Waals surface area contributed by atoms with Crippen LogP contribution in [0, 0.1) is 11.8 Å². The molecule has 0 saturated heterocycles. The lowest BCUT2D eigenvalue weighted by Crippen LogP contribution is -2.24. The van der Waals surface area contributed by atoms with E-state index in [1.165, 1.54) is 4.68 Å². The summed E-state index contributed by atoms with van der Waals surface area (Å²) in [5, 5.41) is 11.8. The molecule has 0 aromatic carbocycles. The molecule has 4 rings (SSSR count). The molecular weight excluding hydrogens is 422 g/mol. The molecule has 3 heterocycles. The van der Waals surface area contributed by atoms with E-state index < -0.39 is 0 Å². The number of pyridine rings is 1. The maximum Gasteiger partial charge on any atom is 0.290 e. The molecule has 3 aromatic heterocycles. The summed E-state index contributed by atoms with van der Waals surface area (Å²) in [4.78, 5) is 19.1. The lowest BCUT2D eigenvalue weighted by molar-refractivity contribution is 0.273. The van der Waals surface area contributed by atoms with Crippen molar-refractivity contribution in [1.29, 1.82) is 0 Å². The lowest BCUT2D eigenvalue weighted by atomic mass is 10.2. The highest BCUT2D eigenvalue weighted by atomic mass is 16.5. The molecule has 1 saturated carbocycles. The van der Waals surface area contributed by atoms with E-state index in [-0.39, 0.29) is 5.56 Å². The SMILES string of the molecule is COc1ccc(C2C(C)C2COc2cc(NCc3cnn(C)c3N(C)C)c(=O)n(C)n2)nc1. The molecule has 3 atom stereocenters. The lowest BCUT2D eigenvalue weighted by Gasteiger charge is -2.16. The maximum absolute atomic E-state index is 12.6. The number of hydrogen-bond donors (Lipinski definition) is 1. The summed E-state index contributed by atoms with van der Waals surface area (Å²) < 4.78 is 14.3. The van der Waals surface area contributed by atoms with Crippen LogP contribution in [0.5, 0.6) is 11.6 Å². The van der Waals surface area contributed by atoms with E-state index in [4.69, 9.17) is 9.47 Å². The second-order valence-electron chi connectivity index (χ2n) is 8.67. The molecule has 0 aliphatic heterocycles. The van der Waals surface area contributed by atoms with E-state index in [1.807, 2.05) is 38.2 Å². The summed E-state index contributed by atoms with van der Waals surface area (Å²) in [6, 6.07) is 5.61. The van der Waals surface area contributed by atoms with Gasteiger partial charge >= 0.3 is 0 Å². The third kappa shape index (κ3) is 4.64. The number of anilines is 2. The molecule has 1 aliphatic rings. The molecule has 3 unspecified atom stereocenters. The summed E-state index contributed by atoms with van der Waals surface area (Å²) in [7, 11) is 9.08. The molecule has 3 aromatic rings. The molecule has 1 fully saturated rings. The average molecular weight is 454 g/mol. The summed E-state index contributed by atoms with van der Waals surface area (Å²) >= 11 is 0. The van der Waals surface area contributed by atoms with Crippen molar-refractivity contribution in [3.63, 3.8) is 0 Å². The van der Waals surface area contributed by atoms with Crippen LogP contribution in [-0.2, 0) is 20.6 Å². The second kappa shape index (κ2) is 9.13. The van der Waals surface area contributed by atoms with Gasteiger partial charge in [-0.15, -0.1) is 5.10 Å². The molecule has 0 bridgehead atoms. The van der Waals surface area contributed by atoms with Crippen LogP contribution in [0.2, 0.25) is 0 Å². The van der Waals surface area contributed by atoms with Gasteiger partial charge in [0.05, 0.1) is 26.1 Å². The Morgan fingerprint density at radius 2 is 1.97 bits per heavy atom. The van der Waals surface area contributed by atoms with Crippen LogP contribution in [0.3, 0.4) is 0 Å². The van der Waals surface area contributed by atoms with E-state index in [1.54, 1.807) is 37.3 Å². The van der Waals surface area contributed by atoms with Crippen LogP contribution in [0.15, 0.2) is 35.4 Å². The predicted octanol–water partition coefficient (Wildman–Crippen LogP) is 2.02. The molecule has 1 aliphatic carbocycles. The fourth-order valence-corrected chi connectivity index (χ4v) is 4.33. The van der Waals surface area contributed by atoms with Gasteiger partial charge in [-0.25, -0.2) is 4.68 Å². The zero-order valence-corrected chi connectivity index (χ0v) is 19.9. The van der Waals surface area contributed by atoms with Gasteiger partial charge in [0.25, 0.3) is 5.56 Å². The van der Waals surface area contributed by atoms with E-state index in [2.05, 4.69) is 27.4 Å². The van der Waals surface area contributed by atoms with Crippen LogP contribution in [0.25, 0.3) is 0 Å². The number of aromatic nitrogens is 5. The molecular formula is C23H31N7O3. The minimum atomic E-state index is -0.210. The molecule has 0 spiro atoms. The number of nitrogens with one attached hydrogen (secondary N) is 1. The highest BCUT2D eigenvalue weighted by molar-refractivity contribution is 5.49. The fourth-order valence-electron chi connectivity index (χ4n) is 4.33. The van der Waals surface area contributed by atoms with Crippen molar-refractivity contribution in [2.24, 2.45) is 25.9 Å². The molecule has 0 radical (unpaired) electrons. The highest BCUT2D eigenvalue weighted by Gasteiger charge is 2.49. The first-order chi connectivity index (χ1) is 15.8. The van der Waals surface area contributed by atoms with Gasteiger partial charge in [0.1, 0.15) is 17.3 Å². The monoisotopic (exact) mass is 453 g/mol. The predicted molar refractivity (Wildman–Crippen MR) is 126 cm³/mol. The van der Waals surface area contributed by atoms with E-state index in [0.717, 1.165) is 22.8 Å². The topological polar surface area (TPSA) is 99.3 Å². The molecule has 33 heavy (non-hydrogen) atoms. The van der Waals surface area contributed by atoms with Gasteiger partial charge in [0, 0.05) is 63.9 Å². The van der Waals surface area contributed by atoms with Crippen molar-refractivity contribution in [3.05, 3.63) is 52.2 Å². The van der Waals surface area contributed by atoms with Crippen LogP contribution in [-0.4, -0.2) is 52.4 Å². The second-order valence-corrected chi connectivity index (χ2v) is 8.67. The number of nitrogens with zero attached hydrogens (tertiary/aromatic N) is 6. The normalized spacial score (nSPS) is 19.3. The minimum Gasteiger partial charge on any atom is -0.495 e.